The number of carbonyl (C=O) groups excluding carboxylic acids is 1. The van der Waals surface area contributed by atoms with Crippen LogP contribution in [0, 0.1) is 11.8 Å². The fourth-order valence-electron chi connectivity index (χ4n) is 4.43. The molecule has 0 bridgehead atoms. The van der Waals surface area contributed by atoms with Crippen LogP contribution < -0.4 is 5.32 Å². The molecule has 3 aromatic rings. The van der Waals surface area contributed by atoms with Crippen LogP contribution in [0.15, 0.2) is 43.0 Å². The van der Waals surface area contributed by atoms with Crippen molar-refractivity contribution in [2.75, 3.05) is 5.32 Å². The number of imidazole rings is 1. The van der Waals surface area contributed by atoms with Crippen molar-refractivity contribution in [2.45, 2.75) is 38.2 Å². The maximum absolute atomic E-state index is 12.5. The smallest absolute Gasteiger partial charge is 0.256 e. The third kappa shape index (κ3) is 2.76. The number of rotatable bonds is 3. The zero-order valence-electron chi connectivity index (χ0n) is 15.4. The fourth-order valence-corrected chi connectivity index (χ4v) is 4.43. The average Bonchev–Trinajstić information content (AvgIpc) is 3.39. The van der Waals surface area contributed by atoms with Crippen LogP contribution in [0.1, 0.15) is 36.4 Å². The Morgan fingerprint density at radius 3 is 2.82 bits per heavy atom. The van der Waals surface area contributed by atoms with E-state index in [1.54, 1.807) is 18.5 Å². The van der Waals surface area contributed by atoms with Crippen LogP contribution in [0.2, 0.25) is 0 Å². The number of aromatic nitrogens is 4. The number of hydrogen-bond donors (Lipinski definition) is 2. The zero-order valence-corrected chi connectivity index (χ0v) is 15.4. The summed E-state index contributed by atoms with van der Waals surface area (Å²) in [6.07, 6.45) is 4.08. The van der Waals surface area contributed by atoms with E-state index in [1.807, 2.05) is 22.8 Å². The SMILES string of the molecule is C[C@@H]1C[C@@H](O)[C@@H]2C[C@H](n3cnc4c(NC(=O)c5ccccc5)ncnc43)O[C@@H]21. The molecule has 1 aromatic carbocycles. The molecule has 8 nitrogen and oxygen atoms in total. The van der Waals surface area contributed by atoms with Gasteiger partial charge in [0.1, 0.15) is 12.6 Å². The number of aliphatic hydroxyl groups is 1. The summed E-state index contributed by atoms with van der Waals surface area (Å²) in [4.78, 5) is 25.4. The van der Waals surface area contributed by atoms with Gasteiger partial charge in [-0.3, -0.25) is 9.36 Å². The zero-order chi connectivity index (χ0) is 19.3. The van der Waals surface area contributed by atoms with Crippen molar-refractivity contribution < 1.29 is 14.6 Å². The summed E-state index contributed by atoms with van der Waals surface area (Å²) < 4.78 is 8.09. The van der Waals surface area contributed by atoms with Crippen molar-refractivity contribution in [3.8, 4) is 0 Å². The molecule has 0 radical (unpaired) electrons. The number of carbonyl (C=O) groups is 1. The maximum Gasteiger partial charge on any atom is 0.256 e. The van der Waals surface area contributed by atoms with Gasteiger partial charge in [0.2, 0.25) is 0 Å². The molecule has 28 heavy (non-hydrogen) atoms. The van der Waals surface area contributed by atoms with Crippen LogP contribution in [0.4, 0.5) is 5.82 Å². The molecule has 0 unspecified atom stereocenters. The summed E-state index contributed by atoms with van der Waals surface area (Å²) in [6.45, 7) is 2.11. The van der Waals surface area contributed by atoms with E-state index in [0.29, 0.717) is 28.5 Å². The van der Waals surface area contributed by atoms with Gasteiger partial charge in [0.15, 0.2) is 17.0 Å². The fraction of sp³-hybridized carbons (Fsp3) is 0.400. The van der Waals surface area contributed by atoms with Crippen molar-refractivity contribution in [3.63, 3.8) is 0 Å². The lowest BCUT2D eigenvalue weighted by atomic mass is 10.0. The number of amides is 1. The molecule has 2 aromatic heterocycles. The van der Waals surface area contributed by atoms with E-state index in [4.69, 9.17) is 4.74 Å². The third-order valence-corrected chi connectivity index (χ3v) is 5.82. The topological polar surface area (TPSA) is 102 Å². The minimum absolute atomic E-state index is 0.0524. The molecule has 144 valence electrons. The molecule has 1 aliphatic carbocycles. The van der Waals surface area contributed by atoms with Gasteiger partial charge in [0.05, 0.1) is 18.5 Å². The Labute approximate surface area is 161 Å². The van der Waals surface area contributed by atoms with Crippen molar-refractivity contribution in [3.05, 3.63) is 48.5 Å². The number of anilines is 1. The highest BCUT2D eigenvalue weighted by molar-refractivity contribution is 6.06. The number of nitrogens with zero attached hydrogens (tertiary/aromatic N) is 4. The van der Waals surface area contributed by atoms with Crippen LogP contribution in [0.3, 0.4) is 0 Å². The van der Waals surface area contributed by atoms with E-state index < -0.39 is 0 Å². The first-order valence-corrected chi connectivity index (χ1v) is 9.49. The van der Waals surface area contributed by atoms with Gasteiger partial charge in [0, 0.05) is 17.9 Å². The number of hydrogen-bond acceptors (Lipinski definition) is 6. The molecule has 5 rings (SSSR count). The summed E-state index contributed by atoms with van der Waals surface area (Å²) in [5.74, 6) is 0.578. The molecule has 0 spiro atoms. The standard InChI is InChI=1S/C20H21N5O3/c1-11-7-14(26)13-8-15(28-17(11)13)25-10-23-16-18(21-9-22-19(16)25)24-20(27)12-5-3-2-4-6-12/h2-6,9-11,13-15,17,26H,7-8H2,1H3,(H,21,22,24,27)/t11-,13+,14-,15-,17-/m1/s1. The highest BCUT2D eigenvalue weighted by atomic mass is 16.5. The second kappa shape index (κ2) is 6.65. The average molecular weight is 379 g/mol. The maximum atomic E-state index is 12.5. The lowest BCUT2D eigenvalue weighted by Gasteiger charge is -2.17. The number of fused-ring (bicyclic) bond motifs is 2. The molecule has 1 saturated carbocycles. The Balaban J connectivity index is 1.43. The lowest BCUT2D eigenvalue weighted by molar-refractivity contribution is -0.0178. The quantitative estimate of drug-likeness (QED) is 0.724. The predicted molar refractivity (Wildman–Crippen MR) is 102 cm³/mol. The van der Waals surface area contributed by atoms with Crippen LogP contribution in [-0.2, 0) is 4.74 Å². The molecule has 1 amide bonds. The molecule has 5 atom stereocenters. The Bertz CT molecular complexity index is 1010. The lowest BCUT2D eigenvalue weighted by Crippen LogP contribution is -2.19. The molecule has 1 aliphatic heterocycles. The summed E-state index contributed by atoms with van der Waals surface area (Å²) in [5.41, 5.74) is 1.66. The van der Waals surface area contributed by atoms with E-state index in [9.17, 15) is 9.90 Å². The van der Waals surface area contributed by atoms with Crippen LogP contribution in [0.25, 0.3) is 11.2 Å². The van der Waals surface area contributed by atoms with Gasteiger partial charge in [-0.25, -0.2) is 15.0 Å². The van der Waals surface area contributed by atoms with Gasteiger partial charge < -0.3 is 15.2 Å². The van der Waals surface area contributed by atoms with Gasteiger partial charge in [-0.15, -0.1) is 0 Å². The number of nitrogens with one attached hydrogen (secondary N) is 1. The van der Waals surface area contributed by atoms with Gasteiger partial charge in [-0.05, 0) is 24.5 Å². The first kappa shape index (κ1) is 17.3. The molecular formula is C20H21N5O3. The third-order valence-electron chi connectivity index (χ3n) is 5.82. The number of ether oxygens (including phenoxy) is 1. The highest BCUT2D eigenvalue weighted by Gasteiger charge is 2.48. The monoisotopic (exact) mass is 379 g/mol. The van der Waals surface area contributed by atoms with E-state index in [2.05, 4.69) is 27.2 Å². The van der Waals surface area contributed by atoms with Crippen LogP contribution in [-0.4, -0.2) is 42.7 Å². The number of benzene rings is 1. The molecule has 1 saturated heterocycles. The van der Waals surface area contributed by atoms with E-state index in [0.717, 1.165) is 12.8 Å². The Morgan fingerprint density at radius 1 is 1.21 bits per heavy atom. The molecule has 8 heteroatoms. The Hall–Kier alpha value is -2.84. The van der Waals surface area contributed by atoms with Gasteiger partial charge in [-0.2, -0.15) is 0 Å². The minimum atomic E-state index is -0.324. The van der Waals surface area contributed by atoms with Crippen molar-refractivity contribution in [1.29, 1.82) is 0 Å². The second-order valence-corrected chi connectivity index (χ2v) is 7.60. The van der Waals surface area contributed by atoms with Gasteiger partial charge >= 0.3 is 0 Å². The molecule has 2 N–H and O–H groups in total. The van der Waals surface area contributed by atoms with Crippen LogP contribution in [0.5, 0.6) is 0 Å². The first-order chi connectivity index (χ1) is 13.6. The summed E-state index contributed by atoms with van der Waals surface area (Å²) >= 11 is 0. The normalized spacial score (nSPS) is 29.1. The minimum Gasteiger partial charge on any atom is -0.393 e. The number of aliphatic hydroxyl groups excluding tert-OH is 1. The van der Waals surface area contributed by atoms with Crippen molar-refractivity contribution >= 4 is 22.9 Å². The van der Waals surface area contributed by atoms with E-state index >= 15 is 0 Å². The largest absolute Gasteiger partial charge is 0.393 e. The molecular weight excluding hydrogens is 358 g/mol. The van der Waals surface area contributed by atoms with Crippen molar-refractivity contribution in [2.24, 2.45) is 11.8 Å². The Morgan fingerprint density at radius 2 is 2.04 bits per heavy atom. The summed E-state index contributed by atoms with van der Waals surface area (Å²) in [6, 6.07) is 8.95. The second-order valence-electron chi connectivity index (χ2n) is 7.60. The van der Waals surface area contributed by atoms with Crippen molar-refractivity contribution in [1.82, 2.24) is 19.5 Å². The molecule has 2 fully saturated rings. The van der Waals surface area contributed by atoms with Crippen LogP contribution >= 0.6 is 0 Å². The van der Waals surface area contributed by atoms with E-state index in [-0.39, 0.29) is 30.3 Å². The molecule has 2 aliphatic rings. The van der Waals surface area contributed by atoms with Gasteiger partial charge in [0.25, 0.3) is 5.91 Å². The van der Waals surface area contributed by atoms with Gasteiger partial charge in [-0.1, -0.05) is 25.1 Å². The predicted octanol–water partition coefficient (Wildman–Crippen LogP) is 2.38. The summed E-state index contributed by atoms with van der Waals surface area (Å²) in [5, 5.41) is 13.1. The molecule has 3 heterocycles. The first-order valence-electron chi connectivity index (χ1n) is 9.49. The Kier molecular flexibility index (Phi) is 4.10. The summed E-state index contributed by atoms with van der Waals surface area (Å²) in [7, 11) is 0. The van der Waals surface area contributed by atoms with E-state index in [1.165, 1.54) is 6.33 Å². The highest BCUT2D eigenvalue weighted by Crippen LogP contribution is 2.46.